The molecule has 0 saturated carbocycles. The van der Waals surface area contributed by atoms with Crippen molar-refractivity contribution in [3.63, 3.8) is 0 Å². The molecule has 0 aromatic carbocycles. The third-order valence-corrected chi connectivity index (χ3v) is 4.31. The molecule has 0 unspecified atom stereocenters. The Morgan fingerprint density at radius 1 is 1.22 bits per heavy atom. The molecule has 27 heavy (non-hydrogen) atoms. The molecule has 10 heteroatoms. The van der Waals surface area contributed by atoms with Crippen LogP contribution >= 0.6 is 0 Å². The lowest BCUT2D eigenvalue weighted by molar-refractivity contribution is -0.120. The van der Waals surface area contributed by atoms with E-state index in [1.165, 1.54) is 10.9 Å². The summed E-state index contributed by atoms with van der Waals surface area (Å²) in [5.74, 6) is 1.18. The summed E-state index contributed by atoms with van der Waals surface area (Å²) in [5.41, 5.74) is -0.0811. The highest BCUT2D eigenvalue weighted by atomic mass is 16.3. The lowest BCUT2D eigenvalue weighted by Crippen LogP contribution is -2.42. The second kappa shape index (κ2) is 9.06. The molecule has 10 nitrogen and oxygen atoms in total. The first kappa shape index (κ1) is 18.7. The molecule has 3 rings (SSSR count). The van der Waals surface area contributed by atoms with E-state index in [1.807, 2.05) is 0 Å². The smallest absolute Gasteiger partial charge is 0.345 e. The summed E-state index contributed by atoms with van der Waals surface area (Å²) in [6.07, 6.45) is 5.02. The van der Waals surface area contributed by atoms with E-state index in [1.54, 1.807) is 16.7 Å². The van der Waals surface area contributed by atoms with E-state index in [-0.39, 0.29) is 24.7 Å². The third-order valence-electron chi connectivity index (χ3n) is 4.31. The summed E-state index contributed by atoms with van der Waals surface area (Å²) < 4.78 is 8.29. The van der Waals surface area contributed by atoms with E-state index in [4.69, 9.17) is 4.42 Å². The molecule has 0 atom stereocenters. The number of urea groups is 1. The van der Waals surface area contributed by atoms with Crippen molar-refractivity contribution in [2.45, 2.75) is 45.3 Å². The quantitative estimate of drug-likeness (QED) is 0.559. The van der Waals surface area contributed by atoms with Crippen LogP contribution in [-0.4, -0.2) is 39.4 Å². The minimum atomic E-state index is -0.431. The van der Waals surface area contributed by atoms with E-state index in [0.717, 1.165) is 31.6 Å². The first-order valence-corrected chi connectivity index (χ1v) is 9.11. The second-order valence-corrected chi connectivity index (χ2v) is 6.35. The van der Waals surface area contributed by atoms with Gasteiger partial charge in [0.05, 0.1) is 19.4 Å². The van der Waals surface area contributed by atoms with Crippen LogP contribution in [-0.2, 0) is 30.8 Å². The second-order valence-electron chi connectivity index (χ2n) is 6.35. The summed E-state index contributed by atoms with van der Waals surface area (Å²) in [6.45, 7) is 1.71. The molecular weight excluding hydrogens is 352 g/mol. The SMILES string of the molecule is O=C(CNC(=O)NCCCn1nc2n(c1=O)CCCC2)NCc1ccco1. The maximum Gasteiger partial charge on any atom is 0.345 e. The average molecular weight is 376 g/mol. The van der Waals surface area contributed by atoms with Crippen molar-refractivity contribution in [1.29, 1.82) is 0 Å². The van der Waals surface area contributed by atoms with Crippen molar-refractivity contribution in [3.05, 3.63) is 40.5 Å². The number of fused-ring (bicyclic) bond motifs is 1. The summed E-state index contributed by atoms with van der Waals surface area (Å²) in [6, 6.07) is 3.06. The van der Waals surface area contributed by atoms with Crippen molar-refractivity contribution in [3.8, 4) is 0 Å². The van der Waals surface area contributed by atoms with Crippen LogP contribution in [0.15, 0.2) is 27.6 Å². The van der Waals surface area contributed by atoms with Gasteiger partial charge in [0.1, 0.15) is 11.6 Å². The summed E-state index contributed by atoms with van der Waals surface area (Å²) in [5, 5.41) is 12.1. The van der Waals surface area contributed by atoms with Crippen molar-refractivity contribution in [2.75, 3.05) is 13.1 Å². The Balaban J connectivity index is 1.30. The van der Waals surface area contributed by atoms with Crippen LogP contribution in [0.1, 0.15) is 30.8 Å². The largest absolute Gasteiger partial charge is 0.467 e. The van der Waals surface area contributed by atoms with Gasteiger partial charge in [-0.2, -0.15) is 5.10 Å². The normalized spacial score (nSPS) is 13.0. The molecule has 0 fully saturated rings. The van der Waals surface area contributed by atoms with Crippen molar-refractivity contribution >= 4 is 11.9 Å². The molecule has 0 radical (unpaired) electrons. The van der Waals surface area contributed by atoms with Gasteiger partial charge >= 0.3 is 11.7 Å². The fraction of sp³-hybridized carbons (Fsp3) is 0.529. The molecule has 0 spiro atoms. The number of carbonyl (C=O) groups is 2. The fourth-order valence-corrected chi connectivity index (χ4v) is 2.91. The molecule has 3 amide bonds. The first-order chi connectivity index (χ1) is 13.1. The van der Waals surface area contributed by atoms with E-state index in [9.17, 15) is 14.4 Å². The molecule has 2 aromatic heterocycles. The highest BCUT2D eigenvalue weighted by Crippen LogP contribution is 2.09. The molecule has 2 aromatic rings. The Morgan fingerprint density at radius 2 is 2.11 bits per heavy atom. The summed E-state index contributed by atoms with van der Waals surface area (Å²) in [4.78, 5) is 35.5. The van der Waals surface area contributed by atoms with Crippen molar-refractivity contribution < 1.29 is 14.0 Å². The standard InChI is InChI=1S/C17H24N6O4/c24-15(19-11-13-5-3-10-27-13)12-20-16(25)18-7-4-9-23-17(26)22-8-2-1-6-14(22)21-23/h3,5,10H,1-2,4,6-9,11-12H2,(H,19,24)(H2,18,20,25). The van der Waals surface area contributed by atoms with Crippen molar-refractivity contribution in [1.82, 2.24) is 30.3 Å². The van der Waals surface area contributed by atoms with Gasteiger partial charge in [-0.1, -0.05) is 0 Å². The van der Waals surface area contributed by atoms with Gasteiger partial charge in [0.25, 0.3) is 0 Å². The maximum atomic E-state index is 12.2. The minimum Gasteiger partial charge on any atom is -0.467 e. The number of hydrogen-bond donors (Lipinski definition) is 3. The zero-order valence-corrected chi connectivity index (χ0v) is 15.1. The van der Waals surface area contributed by atoms with Gasteiger partial charge in [-0.05, 0) is 31.4 Å². The molecule has 3 N–H and O–H groups in total. The lowest BCUT2D eigenvalue weighted by Gasteiger charge is -2.09. The number of furan rings is 1. The van der Waals surface area contributed by atoms with Crippen LogP contribution < -0.4 is 21.6 Å². The third kappa shape index (κ3) is 5.22. The number of aryl methyl sites for hydroxylation is 2. The van der Waals surface area contributed by atoms with Gasteiger partial charge in [-0.15, -0.1) is 0 Å². The van der Waals surface area contributed by atoms with Gasteiger partial charge < -0.3 is 20.4 Å². The first-order valence-electron chi connectivity index (χ1n) is 9.11. The van der Waals surface area contributed by atoms with E-state index >= 15 is 0 Å². The number of nitrogens with one attached hydrogen (secondary N) is 3. The molecule has 0 bridgehead atoms. The Morgan fingerprint density at radius 3 is 2.89 bits per heavy atom. The Bertz CT molecular complexity index is 823. The predicted octanol–water partition coefficient (Wildman–Crippen LogP) is -0.0202. The number of aromatic nitrogens is 3. The predicted molar refractivity (Wildman–Crippen MR) is 96.0 cm³/mol. The number of carbonyl (C=O) groups excluding carboxylic acids is 2. The van der Waals surface area contributed by atoms with Crippen LogP contribution in [0.2, 0.25) is 0 Å². The molecule has 1 aliphatic rings. The molecule has 1 aliphatic heterocycles. The molecule has 146 valence electrons. The number of hydrogen-bond acceptors (Lipinski definition) is 5. The van der Waals surface area contributed by atoms with E-state index in [2.05, 4.69) is 21.0 Å². The summed E-state index contributed by atoms with van der Waals surface area (Å²) in [7, 11) is 0. The fourth-order valence-electron chi connectivity index (χ4n) is 2.91. The highest BCUT2D eigenvalue weighted by Gasteiger charge is 2.16. The molecular formula is C17H24N6O4. The zero-order chi connectivity index (χ0) is 19.1. The van der Waals surface area contributed by atoms with Gasteiger partial charge in [0, 0.05) is 26.1 Å². The maximum absolute atomic E-state index is 12.2. The highest BCUT2D eigenvalue weighted by molar-refractivity contribution is 5.83. The van der Waals surface area contributed by atoms with Crippen LogP contribution in [0, 0.1) is 0 Å². The molecule has 0 aliphatic carbocycles. The van der Waals surface area contributed by atoms with Gasteiger partial charge in [-0.3, -0.25) is 9.36 Å². The zero-order valence-electron chi connectivity index (χ0n) is 15.1. The molecule has 3 heterocycles. The van der Waals surface area contributed by atoms with Gasteiger partial charge in [0.2, 0.25) is 5.91 Å². The summed E-state index contributed by atoms with van der Waals surface area (Å²) >= 11 is 0. The Hall–Kier alpha value is -3.04. The monoisotopic (exact) mass is 376 g/mol. The number of rotatable bonds is 8. The number of amides is 3. The van der Waals surface area contributed by atoms with Crippen LogP contribution in [0.25, 0.3) is 0 Å². The van der Waals surface area contributed by atoms with Gasteiger partial charge in [-0.25, -0.2) is 14.3 Å². The Kier molecular flexibility index (Phi) is 6.29. The van der Waals surface area contributed by atoms with Crippen LogP contribution in [0.3, 0.4) is 0 Å². The van der Waals surface area contributed by atoms with Crippen molar-refractivity contribution in [2.24, 2.45) is 0 Å². The number of nitrogens with zero attached hydrogens (tertiary/aromatic N) is 3. The molecule has 0 saturated heterocycles. The van der Waals surface area contributed by atoms with E-state index in [0.29, 0.717) is 25.3 Å². The topological polar surface area (TPSA) is 123 Å². The van der Waals surface area contributed by atoms with Crippen LogP contribution in [0.5, 0.6) is 0 Å². The average Bonchev–Trinajstić information content (AvgIpc) is 3.30. The minimum absolute atomic E-state index is 0.0811. The Labute approximate surface area is 155 Å². The van der Waals surface area contributed by atoms with Crippen LogP contribution in [0.4, 0.5) is 4.79 Å². The lowest BCUT2D eigenvalue weighted by atomic mass is 10.2. The van der Waals surface area contributed by atoms with Gasteiger partial charge in [0.15, 0.2) is 0 Å². The van der Waals surface area contributed by atoms with E-state index < -0.39 is 6.03 Å².